The number of benzene rings is 5. The van der Waals surface area contributed by atoms with E-state index in [-0.39, 0.29) is 78.6 Å². The lowest BCUT2D eigenvalue weighted by Crippen LogP contribution is -2.25. The minimum Gasteiger partial charge on any atom is -0.490 e. The first-order chi connectivity index (χ1) is 68.0. The molecular formula is C106H109F3N22O10. The van der Waals surface area contributed by atoms with E-state index in [0.29, 0.717) is 101 Å². The van der Waals surface area contributed by atoms with Crippen LogP contribution in [0.2, 0.25) is 0 Å². The van der Waals surface area contributed by atoms with Crippen molar-refractivity contribution < 1.29 is 60.8 Å². The van der Waals surface area contributed by atoms with Crippen LogP contribution in [-0.2, 0) is 53.9 Å². The Morgan fingerprint density at radius 2 is 0.709 bits per heavy atom. The molecule has 0 radical (unpaired) electrons. The molecule has 3 saturated heterocycles. The summed E-state index contributed by atoms with van der Waals surface area (Å²) in [6, 6.07) is 45.6. The Hall–Kier alpha value is -16.4. The maximum Gasteiger partial charge on any atom is 0.435 e. The van der Waals surface area contributed by atoms with Crippen molar-refractivity contribution in [3.8, 4) is 84.4 Å². The van der Waals surface area contributed by atoms with Crippen LogP contribution in [0.15, 0.2) is 245 Å². The lowest BCUT2D eigenvalue weighted by molar-refractivity contribution is -0.141. The second-order valence-electron chi connectivity index (χ2n) is 35.4. The Morgan fingerprint density at radius 1 is 0.404 bits per heavy atom. The molecule has 141 heavy (non-hydrogen) atoms. The molecule has 15 heterocycles. The molecule has 3 aliphatic rings. The van der Waals surface area contributed by atoms with Gasteiger partial charge < -0.3 is 51.1 Å². The van der Waals surface area contributed by atoms with E-state index in [9.17, 15) is 37.1 Å². The van der Waals surface area contributed by atoms with E-state index in [1.807, 2.05) is 162 Å². The third-order valence-corrected chi connectivity index (χ3v) is 24.6. The SMILES string of the molecule is CC(C)n1cc(-c2cc(OCc3ncccc3C(N)=O)c3cccnc3c2)cn1.CC(C)n1cc(-c2cc(O[C@H](C)[C@H]3CNC(=O)C3)c3cccnc3c2)cn1.CCCn1cc(-c2cc(OCc3ncccc3C(N)=O)c3cccnc3c2)cn1.CCCn1cc(-c2cc(O[C@H](C)[C@H]3CNC(=O)C3)c3cccnc3c2)cn1.C[C@@H](Oc1cc(-c2cn(C)nc2C(F)(F)F)cc2ncccc12)[C@H]1CNC(=O)C1. The van der Waals surface area contributed by atoms with Gasteiger partial charge in [-0.2, -0.15) is 38.7 Å². The maximum absolute atomic E-state index is 13.5. The number of halogens is 3. The Bertz CT molecular complexity index is 7380. The number of nitrogens with two attached hydrogens (primary N) is 2. The number of primary amides is 2. The number of aryl methyl sites for hydroxylation is 3. The lowest BCUT2D eigenvalue weighted by Gasteiger charge is -2.21. The van der Waals surface area contributed by atoms with E-state index in [4.69, 9.17) is 35.2 Å². The zero-order chi connectivity index (χ0) is 99.1. The van der Waals surface area contributed by atoms with Crippen molar-refractivity contribution in [2.45, 2.75) is 157 Å². The third-order valence-electron chi connectivity index (χ3n) is 24.6. The van der Waals surface area contributed by atoms with Crippen LogP contribution < -0.4 is 51.1 Å². The maximum atomic E-state index is 13.5. The van der Waals surface area contributed by atoms with E-state index in [2.05, 4.69) is 142 Å². The summed E-state index contributed by atoms with van der Waals surface area (Å²) in [6.45, 7) is 22.4. The summed E-state index contributed by atoms with van der Waals surface area (Å²) in [5, 5.41) is 34.2. The highest BCUT2D eigenvalue weighted by Gasteiger charge is 2.39. The normalized spacial score (nSPS) is 15.1. The van der Waals surface area contributed by atoms with Crippen molar-refractivity contribution in [2.75, 3.05) is 19.6 Å². The summed E-state index contributed by atoms with van der Waals surface area (Å²) in [5.74, 6) is 2.78. The topological polar surface area (TPSA) is 399 Å². The summed E-state index contributed by atoms with van der Waals surface area (Å²) in [5.41, 5.74) is 23.9. The van der Waals surface area contributed by atoms with E-state index < -0.39 is 23.7 Å². The van der Waals surface area contributed by atoms with Gasteiger partial charge in [-0.05, 0) is 235 Å². The van der Waals surface area contributed by atoms with E-state index in [1.54, 1.807) is 91.9 Å². The number of alkyl halides is 3. The fraction of sp³-hybridized carbons (Fsp3) is 0.292. The second kappa shape index (κ2) is 44.0. The van der Waals surface area contributed by atoms with Gasteiger partial charge in [-0.25, -0.2) is 0 Å². The number of carbonyl (C=O) groups is 5. The fourth-order valence-corrected chi connectivity index (χ4v) is 16.9. The Morgan fingerprint density at radius 3 is 1.02 bits per heavy atom. The Kier molecular flexibility index (Phi) is 30.5. The second-order valence-corrected chi connectivity index (χ2v) is 35.4. The number of ether oxygens (including phenoxy) is 5. The molecule has 0 unspecified atom stereocenters. The zero-order valence-electron chi connectivity index (χ0n) is 79.7. The predicted molar refractivity (Wildman–Crippen MR) is 530 cm³/mol. The quantitative estimate of drug-likeness (QED) is 0.0304. The number of nitrogens with zero attached hydrogens (tertiary/aromatic N) is 17. The van der Waals surface area contributed by atoms with Crippen molar-refractivity contribution in [3.63, 3.8) is 0 Å². The first kappa shape index (κ1) is 97.7. The van der Waals surface area contributed by atoms with Crippen molar-refractivity contribution in [1.29, 1.82) is 0 Å². The van der Waals surface area contributed by atoms with Crippen molar-refractivity contribution in [3.05, 3.63) is 273 Å². The molecule has 0 aliphatic carbocycles. The van der Waals surface area contributed by atoms with Crippen LogP contribution >= 0.6 is 0 Å². The minimum absolute atomic E-state index is 0.0120. The van der Waals surface area contributed by atoms with Crippen LogP contribution in [0, 0.1) is 17.8 Å². The van der Waals surface area contributed by atoms with Gasteiger partial charge in [-0.15, -0.1) is 0 Å². The minimum atomic E-state index is -4.58. The zero-order valence-corrected chi connectivity index (χ0v) is 79.7. The van der Waals surface area contributed by atoms with E-state index >= 15 is 0 Å². The molecule has 5 amide bonds. The molecule has 6 atom stereocenters. The first-order valence-corrected chi connectivity index (χ1v) is 46.8. The molecule has 32 nitrogen and oxygen atoms in total. The molecule has 17 aromatic rings. The van der Waals surface area contributed by atoms with E-state index in [0.717, 1.165) is 130 Å². The van der Waals surface area contributed by atoms with Crippen LogP contribution in [0.5, 0.6) is 28.7 Å². The first-order valence-electron chi connectivity index (χ1n) is 46.8. The summed E-state index contributed by atoms with van der Waals surface area (Å²) in [6.07, 6.45) is 27.2. The van der Waals surface area contributed by atoms with Crippen LogP contribution in [0.4, 0.5) is 13.2 Å². The summed E-state index contributed by atoms with van der Waals surface area (Å²) < 4.78 is 80.1. The molecule has 35 heteroatoms. The van der Waals surface area contributed by atoms with Gasteiger partial charge in [0.1, 0.15) is 60.3 Å². The van der Waals surface area contributed by atoms with Gasteiger partial charge in [-0.1, -0.05) is 13.8 Å². The number of pyridine rings is 7. The van der Waals surface area contributed by atoms with Gasteiger partial charge in [0.2, 0.25) is 17.7 Å². The van der Waals surface area contributed by atoms with Gasteiger partial charge in [0.05, 0.1) is 74.9 Å². The van der Waals surface area contributed by atoms with Crippen molar-refractivity contribution >= 4 is 84.1 Å². The molecule has 724 valence electrons. The highest BCUT2D eigenvalue weighted by molar-refractivity contribution is 5.97. The summed E-state index contributed by atoms with van der Waals surface area (Å²) >= 11 is 0. The van der Waals surface area contributed by atoms with Crippen LogP contribution in [0.3, 0.4) is 0 Å². The largest absolute Gasteiger partial charge is 0.490 e. The van der Waals surface area contributed by atoms with Gasteiger partial charge in [0, 0.05) is 218 Å². The molecule has 7 N–H and O–H groups in total. The van der Waals surface area contributed by atoms with E-state index in [1.165, 1.54) is 13.2 Å². The van der Waals surface area contributed by atoms with Gasteiger partial charge in [0.25, 0.3) is 11.8 Å². The Labute approximate surface area is 810 Å². The molecule has 0 spiro atoms. The third kappa shape index (κ3) is 23.7. The highest BCUT2D eigenvalue weighted by Crippen LogP contribution is 2.43. The number of aromatic nitrogens is 17. The highest BCUT2D eigenvalue weighted by atomic mass is 19.4. The summed E-state index contributed by atoms with van der Waals surface area (Å²) in [4.78, 5) is 88.6. The fourth-order valence-electron chi connectivity index (χ4n) is 16.9. The molecule has 20 rings (SSSR count). The number of carbonyl (C=O) groups excluding carboxylic acids is 5. The lowest BCUT2D eigenvalue weighted by atomic mass is 10.0. The number of rotatable bonds is 28. The number of fused-ring (bicyclic) bond motifs is 5. The monoisotopic (exact) mass is 1910 g/mol. The number of hydrogen-bond donors (Lipinski definition) is 5. The van der Waals surface area contributed by atoms with Gasteiger partial charge >= 0.3 is 6.18 Å². The molecule has 3 aliphatic heterocycles. The van der Waals surface area contributed by atoms with Crippen LogP contribution in [0.1, 0.15) is 144 Å². The number of hydrogen-bond acceptors (Lipinski definition) is 22. The average molecular weight is 1910 g/mol. The molecule has 3 fully saturated rings. The Balaban J connectivity index is 0.000000127. The van der Waals surface area contributed by atoms with Gasteiger partial charge in [-0.3, -0.25) is 82.3 Å². The predicted octanol–water partition coefficient (Wildman–Crippen LogP) is 17.9. The smallest absolute Gasteiger partial charge is 0.435 e. The molecule has 5 aromatic carbocycles. The molecule has 12 aromatic heterocycles. The molecular weight excluding hydrogens is 1800 g/mol. The van der Waals surface area contributed by atoms with Crippen LogP contribution in [0.25, 0.3) is 110 Å². The number of amides is 5. The van der Waals surface area contributed by atoms with Crippen LogP contribution in [-0.4, -0.2) is 151 Å². The standard InChI is InChI=1S/2C22H21N5O2.2C21H24N4O2.C20H19F3N4O2/c1-14(2)27-12-16(11-26-27)15-9-19-17(5-3-7-24-19)21(10-15)29-13-20-18(22(23)28)6-4-8-25-20;1-2-9-27-13-16(12-26-27)15-10-19-17(5-3-7-24-19)21(11-15)29-14-20-18(22(23)28)6-4-8-25-20;1-13(2)25-12-17(11-24-25)15-7-19-18(5-4-6-22-19)20(8-15)27-14(3)16-9-21(26)23-10-16;1-3-7-25-13-17(12-24-25)15-8-19-18(5-4-6-22-19)20(9-15)27-14(2)16-10-21(26)23-11-16;1-11(13-8-18(28)25-9-13)29-17-7-12(6-16-14(17)4-3-5-24-16)15-10-27(2)26-19(15)20(21,22)23/h3-12,14H,13H2,1-2H3,(H2,23,28);3-8,10-13H,2,9,14H2,1H3,(H2,23,28);4-8,11-14,16H,9-10H2,1-3H3,(H,23,26);4-6,8-9,12-14,16H,3,7,10-11H2,1-2H3,(H,23,26);3-7,10-11,13H,8-9H2,1-2H3,(H,25,28)/t;;2*14-,16-;11-,13-/m..111/s1. The number of nitrogens with one attached hydrogen (secondary N) is 3. The van der Waals surface area contributed by atoms with Crippen molar-refractivity contribution in [1.82, 2.24) is 99.7 Å². The molecule has 0 bridgehead atoms. The summed E-state index contributed by atoms with van der Waals surface area (Å²) in [7, 11) is 1.45. The van der Waals surface area contributed by atoms with Crippen molar-refractivity contribution in [2.24, 2.45) is 36.3 Å². The average Bonchev–Trinajstić information content (AvgIpc) is 1.72. The molecule has 0 saturated carbocycles. The van der Waals surface area contributed by atoms with Gasteiger partial charge in [0.15, 0.2) is 5.69 Å².